The van der Waals surface area contributed by atoms with Crippen molar-refractivity contribution in [3.63, 3.8) is 0 Å². The summed E-state index contributed by atoms with van der Waals surface area (Å²) in [4.78, 5) is 24.6. The maximum atomic E-state index is 13.1. The number of nitrogens with zero attached hydrogens (tertiary/aromatic N) is 2. The summed E-state index contributed by atoms with van der Waals surface area (Å²) in [6.45, 7) is 4.67. The Bertz CT molecular complexity index is 1220. The molecule has 2 aromatic rings. The Balaban J connectivity index is 1.82. The molecule has 1 unspecified atom stereocenters. The Morgan fingerprint density at radius 1 is 1.37 bits per heavy atom. The Labute approximate surface area is 174 Å². The number of nitrogens with one attached hydrogen (secondary N) is 4. The molecule has 0 spiro atoms. The Kier molecular flexibility index (Phi) is 5.31. The lowest BCUT2D eigenvalue weighted by Gasteiger charge is -2.13. The molecular formula is C22H27N7O. The van der Waals surface area contributed by atoms with Crippen LogP contribution < -0.4 is 16.6 Å². The zero-order chi connectivity index (χ0) is 21.3. The molecule has 0 radical (unpaired) electrons. The first-order valence-electron chi connectivity index (χ1n) is 10.3. The van der Waals surface area contributed by atoms with E-state index in [0.717, 1.165) is 40.7 Å². The number of hydrogen-bond acceptors (Lipinski definition) is 3. The highest BCUT2D eigenvalue weighted by molar-refractivity contribution is 5.94. The number of hydrogen-bond donors (Lipinski definition) is 5. The zero-order valence-corrected chi connectivity index (χ0v) is 17.2. The molecule has 1 atom stereocenters. The number of para-hydroxylation sites is 1. The van der Waals surface area contributed by atoms with Gasteiger partial charge in [0.05, 0.1) is 11.4 Å². The summed E-state index contributed by atoms with van der Waals surface area (Å²) in [5.74, 6) is 0.723. The van der Waals surface area contributed by atoms with Crippen LogP contribution in [0.25, 0.3) is 28.0 Å². The van der Waals surface area contributed by atoms with Crippen molar-refractivity contribution >= 4 is 16.9 Å². The highest BCUT2D eigenvalue weighted by Gasteiger charge is 2.22. The molecule has 0 fully saturated rings. The van der Waals surface area contributed by atoms with Crippen LogP contribution in [0.15, 0.2) is 41.5 Å². The third-order valence-corrected chi connectivity index (χ3v) is 5.58. The number of aryl methyl sites for hydroxylation is 1. The van der Waals surface area contributed by atoms with Crippen molar-refractivity contribution in [1.82, 2.24) is 24.8 Å². The zero-order valence-electron chi connectivity index (χ0n) is 17.2. The molecule has 4 rings (SSSR count). The normalized spacial score (nSPS) is 12.5. The van der Waals surface area contributed by atoms with Crippen molar-refractivity contribution < 1.29 is 0 Å². The smallest absolute Gasteiger partial charge is 0.278 e. The van der Waals surface area contributed by atoms with E-state index >= 15 is 0 Å². The second-order valence-electron chi connectivity index (χ2n) is 7.64. The summed E-state index contributed by atoms with van der Waals surface area (Å²) in [5, 5.41) is 11.2. The first kappa shape index (κ1) is 19.8. The minimum Gasteiger partial charge on any atom is -0.370 e. The maximum Gasteiger partial charge on any atom is 0.278 e. The van der Waals surface area contributed by atoms with Crippen molar-refractivity contribution in [2.75, 3.05) is 6.54 Å². The van der Waals surface area contributed by atoms with E-state index in [0.29, 0.717) is 24.5 Å². The first-order chi connectivity index (χ1) is 14.5. The van der Waals surface area contributed by atoms with Gasteiger partial charge in [0.15, 0.2) is 11.8 Å². The molecule has 8 nitrogen and oxygen atoms in total. The summed E-state index contributed by atoms with van der Waals surface area (Å²) >= 11 is 0. The van der Waals surface area contributed by atoms with Gasteiger partial charge < -0.3 is 21.0 Å². The number of guanidine groups is 1. The molecule has 1 aromatic heterocycles. The fourth-order valence-corrected chi connectivity index (χ4v) is 3.76. The molecule has 6 N–H and O–H groups in total. The largest absolute Gasteiger partial charge is 0.370 e. The number of rotatable bonds is 7. The third-order valence-electron chi connectivity index (χ3n) is 5.58. The van der Waals surface area contributed by atoms with Crippen LogP contribution in [-0.2, 0) is 6.42 Å². The van der Waals surface area contributed by atoms with Gasteiger partial charge in [-0.05, 0) is 25.3 Å². The van der Waals surface area contributed by atoms with E-state index in [-0.39, 0.29) is 17.4 Å². The Morgan fingerprint density at radius 3 is 2.93 bits per heavy atom. The van der Waals surface area contributed by atoms with Gasteiger partial charge in [0.1, 0.15) is 5.69 Å². The molecule has 0 amide bonds. The molecule has 0 bridgehead atoms. The Morgan fingerprint density at radius 2 is 2.17 bits per heavy atom. The van der Waals surface area contributed by atoms with Gasteiger partial charge in [0, 0.05) is 41.3 Å². The van der Waals surface area contributed by atoms with Gasteiger partial charge in [0.25, 0.3) is 5.56 Å². The quantitative estimate of drug-likeness (QED) is 0.184. The topological polar surface area (TPSA) is 128 Å². The number of aromatic nitrogens is 4. The molecule has 0 saturated carbocycles. The molecule has 1 aromatic carbocycles. The number of aromatic amines is 2. The average Bonchev–Trinajstić information content (AvgIpc) is 3.32. The number of fused-ring (bicyclic) bond motifs is 2. The summed E-state index contributed by atoms with van der Waals surface area (Å²) in [7, 11) is 0. The molecule has 0 saturated heterocycles. The lowest BCUT2D eigenvalue weighted by atomic mass is 10.1. The van der Waals surface area contributed by atoms with E-state index in [2.05, 4.69) is 28.3 Å². The fraction of sp³-hybridized carbons (Fsp3) is 0.318. The van der Waals surface area contributed by atoms with Gasteiger partial charge in [-0.2, -0.15) is 0 Å². The van der Waals surface area contributed by atoms with Crippen LogP contribution in [-0.4, -0.2) is 32.0 Å². The Hall–Kier alpha value is -3.55. The van der Waals surface area contributed by atoms with Crippen LogP contribution in [0.1, 0.15) is 44.0 Å². The van der Waals surface area contributed by atoms with Crippen LogP contribution in [0.5, 0.6) is 0 Å². The molecule has 30 heavy (non-hydrogen) atoms. The van der Waals surface area contributed by atoms with E-state index < -0.39 is 0 Å². The van der Waals surface area contributed by atoms with E-state index in [9.17, 15) is 4.79 Å². The SMILES string of the molecule is CCC(C)c1nc2c(CCCNC(=N)N)[nH]c(-c3c[nH]c4ccccc34)cn-2c1=O. The molecule has 8 heteroatoms. The molecule has 3 heterocycles. The lowest BCUT2D eigenvalue weighted by Crippen LogP contribution is -2.31. The number of H-pyrrole nitrogens is 2. The van der Waals surface area contributed by atoms with Crippen molar-refractivity contribution in [3.8, 4) is 17.1 Å². The van der Waals surface area contributed by atoms with Crippen LogP contribution in [0.3, 0.4) is 0 Å². The van der Waals surface area contributed by atoms with Crippen molar-refractivity contribution in [2.24, 2.45) is 5.73 Å². The molecular weight excluding hydrogens is 378 g/mol. The van der Waals surface area contributed by atoms with Gasteiger partial charge in [0.2, 0.25) is 0 Å². The molecule has 2 aliphatic rings. The number of nitrogens with two attached hydrogens (primary N) is 1. The van der Waals surface area contributed by atoms with Crippen LogP contribution in [0, 0.1) is 5.41 Å². The second kappa shape index (κ2) is 8.06. The third kappa shape index (κ3) is 3.56. The van der Waals surface area contributed by atoms with E-state index in [1.54, 1.807) is 4.57 Å². The van der Waals surface area contributed by atoms with Gasteiger partial charge in [-0.1, -0.05) is 32.0 Å². The van der Waals surface area contributed by atoms with E-state index in [1.165, 1.54) is 0 Å². The highest BCUT2D eigenvalue weighted by atomic mass is 16.1. The van der Waals surface area contributed by atoms with Crippen molar-refractivity contribution in [1.29, 1.82) is 5.41 Å². The second-order valence-corrected chi connectivity index (χ2v) is 7.64. The standard InChI is InChI=1S/C22H27N7O/c1-3-13(2)19-21(30)29-12-18(15-11-26-16-8-5-4-7-14(15)16)27-17(20(29)28-19)9-6-10-25-22(23)24/h4-5,7-8,11-13,26-27H,3,6,9-10H2,1-2H3,(H4,23,24,25). The lowest BCUT2D eigenvalue weighted by molar-refractivity contribution is 0.707. The van der Waals surface area contributed by atoms with Crippen molar-refractivity contribution in [2.45, 2.75) is 39.0 Å². The fourth-order valence-electron chi connectivity index (χ4n) is 3.76. The number of imidazole rings is 1. The van der Waals surface area contributed by atoms with Gasteiger partial charge in [-0.15, -0.1) is 0 Å². The summed E-state index contributed by atoms with van der Waals surface area (Å²) < 4.78 is 1.67. The van der Waals surface area contributed by atoms with E-state index in [1.807, 2.05) is 37.5 Å². The maximum absolute atomic E-state index is 13.1. The average molecular weight is 406 g/mol. The molecule has 2 aliphatic heterocycles. The monoisotopic (exact) mass is 405 g/mol. The van der Waals surface area contributed by atoms with Gasteiger partial charge >= 0.3 is 0 Å². The van der Waals surface area contributed by atoms with Gasteiger partial charge in [-0.3, -0.25) is 14.8 Å². The molecule has 0 aliphatic carbocycles. The minimum atomic E-state index is -0.0578. The van der Waals surface area contributed by atoms with Gasteiger partial charge in [-0.25, -0.2) is 4.98 Å². The minimum absolute atomic E-state index is 0.0432. The summed E-state index contributed by atoms with van der Waals surface area (Å²) in [6.07, 6.45) is 6.10. The van der Waals surface area contributed by atoms with Crippen LogP contribution in [0.4, 0.5) is 0 Å². The summed E-state index contributed by atoms with van der Waals surface area (Å²) in [6, 6.07) is 8.09. The van der Waals surface area contributed by atoms with Crippen LogP contribution in [0.2, 0.25) is 0 Å². The van der Waals surface area contributed by atoms with Crippen LogP contribution >= 0.6 is 0 Å². The number of benzene rings is 1. The highest BCUT2D eigenvalue weighted by Crippen LogP contribution is 2.29. The molecule has 156 valence electrons. The van der Waals surface area contributed by atoms with E-state index in [4.69, 9.17) is 16.1 Å². The van der Waals surface area contributed by atoms with Crippen molar-refractivity contribution in [3.05, 3.63) is 58.4 Å². The first-order valence-corrected chi connectivity index (χ1v) is 10.3. The predicted molar refractivity (Wildman–Crippen MR) is 120 cm³/mol. The predicted octanol–water partition coefficient (Wildman–Crippen LogP) is 3.08. The summed E-state index contributed by atoms with van der Waals surface area (Å²) in [5.41, 5.74) is 9.73.